The lowest BCUT2D eigenvalue weighted by molar-refractivity contribution is -0.121. The third-order valence-corrected chi connectivity index (χ3v) is 2.33. The molecule has 1 amide bonds. The normalized spacial score (nSPS) is 13.2. The summed E-state index contributed by atoms with van der Waals surface area (Å²) in [7, 11) is 0. The average Bonchev–Trinajstić information content (AvgIpc) is 2.36. The maximum absolute atomic E-state index is 11.6. The summed E-state index contributed by atoms with van der Waals surface area (Å²) in [4.78, 5) is 15.8. The molecule has 4 nitrogen and oxygen atoms in total. The van der Waals surface area contributed by atoms with Gasteiger partial charge in [0.05, 0.1) is 0 Å². The number of carbonyl (C=O) groups excluding carboxylic acids is 1. The Morgan fingerprint density at radius 1 is 1.41 bits per heavy atom. The number of nitrogens with two attached hydrogens (primary N) is 1. The fraction of sp³-hybridized carbons (Fsp3) is 0.385. The molecule has 92 valence electrons. The molecule has 0 aliphatic rings. The summed E-state index contributed by atoms with van der Waals surface area (Å²) in [6.07, 6.45) is 0.913. The first-order valence-electron chi connectivity index (χ1n) is 5.81. The highest BCUT2D eigenvalue weighted by atomic mass is 16.2. The smallest absolute Gasteiger partial charge is 0.244 e. The van der Waals surface area contributed by atoms with Crippen LogP contribution in [0.15, 0.2) is 35.3 Å². The molecule has 4 heteroatoms. The van der Waals surface area contributed by atoms with Crippen LogP contribution in [0.1, 0.15) is 25.8 Å². The highest BCUT2D eigenvalue weighted by Gasteiger charge is 2.11. The molecule has 1 unspecified atom stereocenters. The van der Waals surface area contributed by atoms with Gasteiger partial charge in [0, 0.05) is 12.1 Å². The van der Waals surface area contributed by atoms with E-state index in [1.54, 1.807) is 6.92 Å². The van der Waals surface area contributed by atoms with Crippen molar-refractivity contribution < 1.29 is 4.79 Å². The number of nitrogens with one attached hydrogen (secondary N) is 1. The number of benzene rings is 1. The molecule has 0 fully saturated rings. The van der Waals surface area contributed by atoms with Crippen molar-refractivity contribution in [1.82, 2.24) is 5.32 Å². The minimum atomic E-state index is -0.457. The molecule has 0 heterocycles. The van der Waals surface area contributed by atoms with Gasteiger partial charge in [0.15, 0.2) is 0 Å². The molecule has 3 N–H and O–H groups in total. The van der Waals surface area contributed by atoms with E-state index in [0.717, 1.165) is 12.0 Å². The van der Waals surface area contributed by atoms with Gasteiger partial charge in [0.25, 0.3) is 0 Å². The number of amidine groups is 1. The third kappa shape index (κ3) is 4.26. The van der Waals surface area contributed by atoms with Gasteiger partial charge in [-0.3, -0.25) is 9.79 Å². The van der Waals surface area contributed by atoms with Gasteiger partial charge >= 0.3 is 0 Å². The SMILES string of the molecule is CCCNC(=O)C(C)N=C(N)c1ccccc1. The Morgan fingerprint density at radius 3 is 2.65 bits per heavy atom. The predicted octanol–water partition coefficient (Wildman–Crippen LogP) is 1.31. The van der Waals surface area contributed by atoms with E-state index in [2.05, 4.69) is 10.3 Å². The molecule has 17 heavy (non-hydrogen) atoms. The summed E-state index contributed by atoms with van der Waals surface area (Å²) < 4.78 is 0. The number of carbonyl (C=O) groups is 1. The van der Waals surface area contributed by atoms with E-state index < -0.39 is 6.04 Å². The molecule has 0 spiro atoms. The number of nitrogens with zero attached hydrogens (tertiary/aromatic N) is 1. The summed E-state index contributed by atoms with van der Waals surface area (Å²) in [6, 6.07) is 8.97. The van der Waals surface area contributed by atoms with Crippen molar-refractivity contribution >= 4 is 11.7 Å². The fourth-order valence-electron chi connectivity index (χ4n) is 1.35. The number of hydrogen-bond acceptors (Lipinski definition) is 2. The summed E-state index contributed by atoms with van der Waals surface area (Å²) >= 11 is 0. The highest BCUT2D eigenvalue weighted by molar-refractivity contribution is 5.99. The minimum absolute atomic E-state index is 0.0919. The zero-order chi connectivity index (χ0) is 12.7. The molecule has 1 rings (SSSR count). The van der Waals surface area contributed by atoms with Crippen molar-refractivity contribution in [3.8, 4) is 0 Å². The lowest BCUT2D eigenvalue weighted by Crippen LogP contribution is -2.33. The van der Waals surface area contributed by atoms with E-state index in [9.17, 15) is 4.79 Å². The standard InChI is InChI=1S/C13H19N3O/c1-3-9-15-13(17)10(2)16-12(14)11-7-5-4-6-8-11/h4-8,10H,3,9H2,1-2H3,(H2,14,16)(H,15,17). The Kier molecular flexibility index (Phi) is 5.20. The van der Waals surface area contributed by atoms with Gasteiger partial charge < -0.3 is 11.1 Å². The Morgan fingerprint density at radius 2 is 2.06 bits per heavy atom. The number of amides is 1. The minimum Gasteiger partial charge on any atom is -0.383 e. The second-order valence-corrected chi connectivity index (χ2v) is 3.85. The second kappa shape index (κ2) is 6.68. The molecule has 0 aliphatic heterocycles. The molecule has 0 aliphatic carbocycles. The van der Waals surface area contributed by atoms with E-state index in [1.165, 1.54) is 0 Å². The topological polar surface area (TPSA) is 67.5 Å². The van der Waals surface area contributed by atoms with Crippen LogP contribution in [-0.4, -0.2) is 24.3 Å². The van der Waals surface area contributed by atoms with Crippen LogP contribution in [0.2, 0.25) is 0 Å². The molecule has 0 aromatic heterocycles. The monoisotopic (exact) mass is 233 g/mol. The molecule has 0 saturated carbocycles. The summed E-state index contributed by atoms with van der Waals surface area (Å²) in [5.74, 6) is 0.301. The first-order chi connectivity index (χ1) is 8.15. The molecule has 1 atom stereocenters. The van der Waals surface area contributed by atoms with Crippen LogP contribution in [0.25, 0.3) is 0 Å². The average molecular weight is 233 g/mol. The van der Waals surface area contributed by atoms with E-state index in [1.807, 2.05) is 37.3 Å². The van der Waals surface area contributed by atoms with Gasteiger partial charge in [0.2, 0.25) is 5.91 Å². The molecule has 1 aromatic carbocycles. The van der Waals surface area contributed by atoms with Crippen molar-refractivity contribution in [3.63, 3.8) is 0 Å². The number of aliphatic imine (C=N–C) groups is 1. The van der Waals surface area contributed by atoms with Gasteiger partial charge in [-0.15, -0.1) is 0 Å². The summed E-state index contributed by atoms with van der Waals surface area (Å²) in [5, 5.41) is 2.79. The van der Waals surface area contributed by atoms with Crippen LogP contribution < -0.4 is 11.1 Å². The van der Waals surface area contributed by atoms with Crippen LogP contribution >= 0.6 is 0 Å². The highest BCUT2D eigenvalue weighted by Crippen LogP contribution is 2.00. The Hall–Kier alpha value is -1.84. The van der Waals surface area contributed by atoms with Crippen molar-refractivity contribution in [2.24, 2.45) is 10.7 Å². The van der Waals surface area contributed by atoms with Gasteiger partial charge in [-0.25, -0.2) is 0 Å². The van der Waals surface area contributed by atoms with Crippen LogP contribution in [0, 0.1) is 0 Å². The Bertz CT molecular complexity index is 387. The maximum Gasteiger partial charge on any atom is 0.244 e. The molecule has 0 radical (unpaired) electrons. The van der Waals surface area contributed by atoms with E-state index in [0.29, 0.717) is 12.4 Å². The zero-order valence-corrected chi connectivity index (χ0v) is 10.3. The quantitative estimate of drug-likeness (QED) is 0.594. The van der Waals surface area contributed by atoms with Gasteiger partial charge in [-0.05, 0) is 13.3 Å². The summed E-state index contributed by atoms with van der Waals surface area (Å²) in [6.45, 7) is 4.41. The van der Waals surface area contributed by atoms with Gasteiger partial charge in [-0.2, -0.15) is 0 Å². The molecular weight excluding hydrogens is 214 g/mol. The van der Waals surface area contributed by atoms with Crippen molar-refractivity contribution in [2.45, 2.75) is 26.3 Å². The maximum atomic E-state index is 11.6. The second-order valence-electron chi connectivity index (χ2n) is 3.85. The largest absolute Gasteiger partial charge is 0.383 e. The third-order valence-electron chi connectivity index (χ3n) is 2.33. The molecule has 0 saturated heterocycles. The molecule has 0 bridgehead atoms. The number of rotatable bonds is 5. The molecule has 1 aromatic rings. The van der Waals surface area contributed by atoms with Gasteiger partial charge in [-0.1, -0.05) is 37.3 Å². The zero-order valence-electron chi connectivity index (χ0n) is 10.3. The van der Waals surface area contributed by atoms with Crippen molar-refractivity contribution in [1.29, 1.82) is 0 Å². The van der Waals surface area contributed by atoms with E-state index in [-0.39, 0.29) is 5.91 Å². The van der Waals surface area contributed by atoms with E-state index >= 15 is 0 Å². The Balaban J connectivity index is 2.65. The predicted molar refractivity (Wildman–Crippen MR) is 69.9 cm³/mol. The fourth-order valence-corrected chi connectivity index (χ4v) is 1.35. The van der Waals surface area contributed by atoms with Crippen LogP contribution in [0.3, 0.4) is 0 Å². The van der Waals surface area contributed by atoms with Crippen LogP contribution in [0.5, 0.6) is 0 Å². The number of hydrogen-bond donors (Lipinski definition) is 2. The van der Waals surface area contributed by atoms with Crippen molar-refractivity contribution in [2.75, 3.05) is 6.54 Å². The lowest BCUT2D eigenvalue weighted by Gasteiger charge is -2.09. The Labute approximate surface area is 102 Å². The molecular formula is C13H19N3O. The summed E-state index contributed by atoms with van der Waals surface area (Å²) in [5.41, 5.74) is 6.67. The lowest BCUT2D eigenvalue weighted by atomic mass is 10.2. The van der Waals surface area contributed by atoms with Gasteiger partial charge in [0.1, 0.15) is 11.9 Å². The van der Waals surface area contributed by atoms with Crippen LogP contribution in [0.4, 0.5) is 0 Å². The van der Waals surface area contributed by atoms with Crippen molar-refractivity contribution in [3.05, 3.63) is 35.9 Å². The first kappa shape index (κ1) is 13.2. The first-order valence-corrected chi connectivity index (χ1v) is 5.81. The van der Waals surface area contributed by atoms with E-state index in [4.69, 9.17) is 5.73 Å². The van der Waals surface area contributed by atoms with Crippen LogP contribution in [-0.2, 0) is 4.79 Å².